The van der Waals surface area contributed by atoms with Crippen molar-refractivity contribution in [3.8, 4) is 0 Å². The largest absolute Gasteiger partial charge is 0.369 e. The van der Waals surface area contributed by atoms with Gasteiger partial charge in [-0.2, -0.15) is 5.10 Å². The van der Waals surface area contributed by atoms with E-state index in [1.165, 1.54) is 10.4 Å². The lowest BCUT2D eigenvalue weighted by atomic mass is 9.79. The lowest BCUT2D eigenvalue weighted by molar-refractivity contribution is -0.0893. The molecule has 120 valence electrons. The number of aliphatic imine (C=N–C) groups is 1. The molecule has 1 aromatic heterocycles. The molecule has 1 aromatic rings. The first kappa shape index (κ1) is 15.9. The predicted molar refractivity (Wildman–Crippen MR) is 92.3 cm³/mol. The van der Waals surface area contributed by atoms with Crippen LogP contribution in [0.4, 0.5) is 0 Å². The highest BCUT2D eigenvalue weighted by Gasteiger charge is 2.46. The molecule has 22 heavy (non-hydrogen) atoms. The van der Waals surface area contributed by atoms with Gasteiger partial charge >= 0.3 is 0 Å². The first-order chi connectivity index (χ1) is 10.6. The highest BCUT2D eigenvalue weighted by Crippen LogP contribution is 2.47. The normalized spacial score (nSPS) is 32.6. The molecule has 3 heterocycles. The van der Waals surface area contributed by atoms with Crippen LogP contribution in [0.25, 0.3) is 0 Å². The van der Waals surface area contributed by atoms with Gasteiger partial charge in [0.1, 0.15) is 5.60 Å². The maximum atomic E-state index is 6.29. The van der Waals surface area contributed by atoms with Gasteiger partial charge in [-0.1, -0.05) is 11.6 Å². The Kier molecular flexibility index (Phi) is 4.54. The quantitative estimate of drug-likeness (QED) is 0.493. The fourth-order valence-corrected chi connectivity index (χ4v) is 5.06. The molecule has 3 N–H and O–H groups in total. The minimum Gasteiger partial charge on any atom is -0.369 e. The number of halogens is 1. The van der Waals surface area contributed by atoms with Crippen molar-refractivity contribution in [1.29, 1.82) is 0 Å². The smallest absolute Gasteiger partial charge is 0.106 e. The summed E-state index contributed by atoms with van der Waals surface area (Å²) in [5.41, 5.74) is 1.79. The number of hydrogen-bond acceptors (Lipinski definition) is 6. The summed E-state index contributed by atoms with van der Waals surface area (Å²) in [6, 6.07) is 2.41. The Balaban J connectivity index is 1.97. The molecule has 2 aliphatic rings. The lowest BCUT2D eigenvalue weighted by Crippen LogP contribution is -2.56. The van der Waals surface area contributed by atoms with E-state index in [1.807, 2.05) is 0 Å². The van der Waals surface area contributed by atoms with Gasteiger partial charge in [0.25, 0.3) is 0 Å². The van der Waals surface area contributed by atoms with Gasteiger partial charge in [0, 0.05) is 30.6 Å². The molecular weight excluding hydrogens is 320 g/mol. The van der Waals surface area contributed by atoms with Gasteiger partial charge in [-0.05, 0) is 31.4 Å². The monoisotopic (exact) mass is 340 g/mol. The molecule has 2 aliphatic heterocycles. The van der Waals surface area contributed by atoms with Crippen LogP contribution < -0.4 is 11.2 Å². The van der Waals surface area contributed by atoms with Crippen LogP contribution in [-0.2, 0) is 16.8 Å². The molecule has 0 saturated carbocycles. The molecule has 5 nitrogen and oxygen atoms in total. The number of rotatable bonds is 2. The second kappa shape index (κ2) is 6.28. The Morgan fingerprint density at radius 2 is 2.41 bits per heavy atom. The molecule has 1 spiro atoms. The van der Waals surface area contributed by atoms with E-state index >= 15 is 0 Å². The van der Waals surface area contributed by atoms with Crippen LogP contribution in [0.2, 0.25) is 4.34 Å². The Morgan fingerprint density at radius 1 is 1.59 bits per heavy atom. The Labute approximate surface area is 139 Å². The van der Waals surface area contributed by atoms with Crippen LogP contribution >= 0.6 is 22.9 Å². The predicted octanol–water partition coefficient (Wildman–Crippen LogP) is 2.33. The molecular formula is C15H21ClN4OS. The summed E-state index contributed by atoms with van der Waals surface area (Å²) in [5, 5.41) is 7.45. The van der Waals surface area contributed by atoms with Crippen molar-refractivity contribution in [2.45, 2.75) is 43.9 Å². The van der Waals surface area contributed by atoms with Gasteiger partial charge in [-0.15, -0.1) is 11.3 Å². The first-order valence-corrected chi connectivity index (χ1v) is 8.66. The average Bonchev–Trinajstić information content (AvgIpc) is 2.86. The average molecular weight is 341 g/mol. The van der Waals surface area contributed by atoms with E-state index in [4.69, 9.17) is 22.2 Å². The number of nitrogens with one attached hydrogen (secondary N) is 1. The van der Waals surface area contributed by atoms with E-state index in [1.54, 1.807) is 24.6 Å². The van der Waals surface area contributed by atoms with E-state index in [2.05, 4.69) is 28.4 Å². The van der Waals surface area contributed by atoms with Crippen LogP contribution in [0.1, 0.15) is 30.2 Å². The van der Waals surface area contributed by atoms with Gasteiger partial charge in [0.05, 0.1) is 22.7 Å². The van der Waals surface area contributed by atoms with Crippen molar-refractivity contribution in [2.24, 2.45) is 15.9 Å². The molecule has 0 amide bonds. The molecule has 1 unspecified atom stereocenters. The third-order valence-corrected chi connectivity index (χ3v) is 5.86. The number of nitrogens with two attached hydrogens (primary N) is 1. The van der Waals surface area contributed by atoms with Gasteiger partial charge < -0.3 is 15.9 Å². The zero-order valence-corrected chi connectivity index (χ0v) is 14.4. The molecule has 1 saturated heterocycles. The van der Waals surface area contributed by atoms with Crippen molar-refractivity contribution in [1.82, 2.24) is 5.32 Å². The summed E-state index contributed by atoms with van der Waals surface area (Å²) in [5.74, 6) is 5.55. The topological polar surface area (TPSA) is 72.0 Å². The van der Waals surface area contributed by atoms with Crippen LogP contribution in [-0.4, -0.2) is 37.7 Å². The zero-order chi connectivity index (χ0) is 15.7. The van der Waals surface area contributed by atoms with E-state index in [0.717, 1.165) is 35.9 Å². The summed E-state index contributed by atoms with van der Waals surface area (Å²) in [4.78, 5) is 5.32. The van der Waals surface area contributed by atoms with Crippen molar-refractivity contribution in [3.63, 3.8) is 0 Å². The number of ether oxygens (including phenoxy) is 1. The first-order valence-electron chi connectivity index (χ1n) is 7.46. The third-order valence-electron chi connectivity index (χ3n) is 4.37. The van der Waals surface area contributed by atoms with Crippen LogP contribution in [0.5, 0.6) is 0 Å². The number of thiophene rings is 1. The van der Waals surface area contributed by atoms with Gasteiger partial charge in [0.2, 0.25) is 0 Å². The van der Waals surface area contributed by atoms with Crippen molar-refractivity contribution >= 4 is 34.9 Å². The molecule has 3 rings (SSSR count). The Morgan fingerprint density at radius 3 is 3.14 bits per heavy atom. The summed E-state index contributed by atoms with van der Waals surface area (Å²) in [6.45, 7) is 2.90. The van der Waals surface area contributed by atoms with Crippen LogP contribution in [0.15, 0.2) is 16.2 Å². The van der Waals surface area contributed by atoms with Crippen molar-refractivity contribution in [2.75, 3.05) is 13.7 Å². The van der Waals surface area contributed by atoms with Gasteiger partial charge in [-0.25, -0.2) is 0 Å². The molecule has 1 fully saturated rings. The second-order valence-electron chi connectivity index (χ2n) is 5.97. The van der Waals surface area contributed by atoms with Crippen LogP contribution in [0, 0.1) is 0 Å². The summed E-state index contributed by atoms with van der Waals surface area (Å²) < 4.78 is 7.12. The van der Waals surface area contributed by atoms with Crippen molar-refractivity contribution < 1.29 is 4.74 Å². The minimum absolute atomic E-state index is 0.0317. The van der Waals surface area contributed by atoms with Gasteiger partial charge in [-0.3, -0.25) is 4.99 Å². The Bertz CT molecular complexity index is 615. The van der Waals surface area contributed by atoms with E-state index in [0.29, 0.717) is 6.04 Å². The van der Waals surface area contributed by atoms with E-state index < -0.39 is 0 Å². The molecule has 7 heteroatoms. The third kappa shape index (κ3) is 2.80. The number of fused-ring (bicyclic) bond motifs is 2. The minimum atomic E-state index is -0.293. The van der Waals surface area contributed by atoms with E-state index in [-0.39, 0.29) is 11.6 Å². The number of hydrogen-bond donors (Lipinski definition) is 2. The summed E-state index contributed by atoms with van der Waals surface area (Å²) in [6.07, 6.45) is 4.37. The highest BCUT2D eigenvalue weighted by molar-refractivity contribution is 7.16. The lowest BCUT2D eigenvalue weighted by Gasteiger charge is -2.46. The summed E-state index contributed by atoms with van der Waals surface area (Å²) in [7, 11) is 1.72. The Hall–Kier alpha value is -0.950. The molecule has 0 aromatic carbocycles. The van der Waals surface area contributed by atoms with Crippen molar-refractivity contribution in [3.05, 3.63) is 20.8 Å². The maximum Gasteiger partial charge on any atom is 0.106 e. The second-order valence-corrected chi connectivity index (χ2v) is 7.65. The molecule has 3 atom stereocenters. The standard InChI is InChI=1S/C15H21ClN4OS/c1-9-6-15(7-11(19-9)12(20-17)8-18-2)14-10(3-4-21-15)5-13(16)22-14/h5,8-9,11,19H,3-4,6-7,17H2,1-2H3/b18-8?,20-12+/t9-,11+,15?/m1/s1. The number of hydrazone groups is 1. The molecule has 0 radical (unpaired) electrons. The fraction of sp³-hybridized carbons (Fsp3) is 0.600. The number of piperidine rings is 1. The molecule has 0 aliphatic carbocycles. The van der Waals surface area contributed by atoms with Crippen LogP contribution in [0.3, 0.4) is 0 Å². The molecule has 0 bridgehead atoms. The summed E-state index contributed by atoms with van der Waals surface area (Å²) >= 11 is 7.89. The maximum absolute atomic E-state index is 6.29. The zero-order valence-electron chi connectivity index (χ0n) is 12.8. The highest BCUT2D eigenvalue weighted by atomic mass is 35.5. The fourth-order valence-electron chi connectivity index (χ4n) is 3.60. The van der Waals surface area contributed by atoms with Gasteiger partial charge in [0.15, 0.2) is 0 Å². The number of nitrogens with zero attached hydrogens (tertiary/aromatic N) is 2. The SMILES string of the molecule is CN=C/C(=N\N)[C@@H]1CC2(C[C@@H](C)N1)OCCc1cc(Cl)sc12. The van der Waals surface area contributed by atoms with E-state index in [9.17, 15) is 0 Å².